The van der Waals surface area contributed by atoms with Crippen LogP contribution in [0, 0.1) is 0 Å². The summed E-state index contributed by atoms with van der Waals surface area (Å²) in [7, 11) is -9.71. The molecule has 0 saturated heterocycles. The molecule has 0 spiro atoms. The molecule has 2 rings (SSSR count). The molecule has 0 bridgehead atoms. The highest BCUT2D eigenvalue weighted by atomic mass is 32.5. The highest BCUT2D eigenvalue weighted by Gasteiger charge is 2.65. The Morgan fingerprint density at radius 1 is 1.19 bits per heavy atom. The molecule has 0 radical (unpaired) electrons. The van der Waals surface area contributed by atoms with E-state index in [1.807, 2.05) is 0 Å². The molecule has 0 fully saturated rings. The molecule has 1 aromatic heterocycles. The Kier molecular flexibility index (Phi) is 3.29. The fourth-order valence-electron chi connectivity index (χ4n) is 1.56. The van der Waals surface area contributed by atoms with Gasteiger partial charge in [-0.1, -0.05) is 30.7 Å². The minimum absolute atomic E-state index is 0.137. The summed E-state index contributed by atoms with van der Waals surface area (Å²) in [6, 6.07) is 2.81. The normalized spacial score (nSPS) is 15.5. The van der Waals surface area contributed by atoms with E-state index in [0.717, 1.165) is 10.7 Å². The third-order valence-electron chi connectivity index (χ3n) is 2.52. The summed E-state index contributed by atoms with van der Waals surface area (Å²) in [5, 5.41) is 7.28. The molecule has 4 nitrogen and oxygen atoms in total. The first kappa shape index (κ1) is 15.7. The van der Waals surface area contributed by atoms with Crippen molar-refractivity contribution in [3.8, 4) is 5.69 Å². The van der Waals surface area contributed by atoms with Crippen LogP contribution in [0.25, 0.3) is 5.69 Å². The molecule has 10 heteroatoms. The second kappa shape index (κ2) is 4.41. The molecule has 0 saturated carbocycles. The highest BCUT2D eigenvalue weighted by molar-refractivity contribution is 8.45. The van der Waals surface area contributed by atoms with Crippen LogP contribution in [-0.4, -0.2) is 21.6 Å². The van der Waals surface area contributed by atoms with E-state index in [0.29, 0.717) is 24.4 Å². The van der Waals surface area contributed by atoms with Crippen molar-refractivity contribution < 1.29 is 24.2 Å². The number of hydrogen-bond donors (Lipinski definition) is 0. The monoisotopic (exact) mass is 329 g/mol. The van der Waals surface area contributed by atoms with E-state index in [1.54, 1.807) is 6.92 Å². The number of halogens is 5. The van der Waals surface area contributed by atoms with Crippen LogP contribution < -0.4 is 0 Å². The SMILES string of the molecule is CCOCc1cn(-c2cccc(S(F)(F)(F)(F)F)c2)nn1. The highest BCUT2D eigenvalue weighted by Crippen LogP contribution is 3.02. The lowest BCUT2D eigenvalue weighted by atomic mass is 10.3. The molecule has 118 valence electrons. The Hall–Kier alpha value is -1.68. The van der Waals surface area contributed by atoms with Crippen molar-refractivity contribution >= 4 is 10.2 Å². The van der Waals surface area contributed by atoms with Crippen LogP contribution in [-0.2, 0) is 11.3 Å². The molecule has 0 aliphatic rings. The van der Waals surface area contributed by atoms with E-state index in [9.17, 15) is 19.4 Å². The molecular formula is C11H12F5N3OS. The van der Waals surface area contributed by atoms with Crippen molar-refractivity contribution in [2.24, 2.45) is 0 Å². The first-order valence-electron chi connectivity index (χ1n) is 5.83. The second-order valence-corrected chi connectivity index (χ2v) is 6.67. The van der Waals surface area contributed by atoms with Crippen LogP contribution in [0.5, 0.6) is 0 Å². The quantitative estimate of drug-likeness (QED) is 0.760. The molecule has 0 unspecified atom stereocenters. The average molecular weight is 329 g/mol. The fourth-order valence-corrected chi connectivity index (χ4v) is 2.24. The Morgan fingerprint density at radius 3 is 2.52 bits per heavy atom. The molecule has 0 N–H and O–H groups in total. The van der Waals surface area contributed by atoms with Gasteiger partial charge in [0.1, 0.15) is 10.6 Å². The van der Waals surface area contributed by atoms with E-state index in [1.165, 1.54) is 12.3 Å². The molecule has 0 atom stereocenters. The molecule has 0 amide bonds. The van der Waals surface area contributed by atoms with E-state index < -0.39 is 15.1 Å². The standard InChI is InChI=1S/C11H12F5N3OS/c1-2-20-8-9-7-19(18-17-9)10-4-3-5-11(6-10)21(12,13,14,15)16/h3-7H,2,8H2,1H3. The smallest absolute Gasteiger partial charge is 0.310 e. The maximum Gasteiger partial charge on any atom is 0.310 e. The zero-order valence-electron chi connectivity index (χ0n) is 10.8. The lowest BCUT2D eigenvalue weighted by molar-refractivity contribution is 0.131. The van der Waals surface area contributed by atoms with E-state index in [4.69, 9.17) is 4.74 Å². The third-order valence-corrected chi connectivity index (χ3v) is 3.67. The maximum absolute atomic E-state index is 12.7. The maximum atomic E-state index is 12.7. The number of ether oxygens (including phenoxy) is 1. The van der Waals surface area contributed by atoms with Gasteiger partial charge in [0.15, 0.2) is 0 Å². The van der Waals surface area contributed by atoms with Gasteiger partial charge in [-0.2, -0.15) is 0 Å². The van der Waals surface area contributed by atoms with Gasteiger partial charge in [-0.05, 0) is 25.1 Å². The summed E-state index contributed by atoms with van der Waals surface area (Å²) < 4.78 is 69.8. The van der Waals surface area contributed by atoms with Crippen molar-refractivity contribution in [1.82, 2.24) is 15.0 Å². The van der Waals surface area contributed by atoms with E-state index in [-0.39, 0.29) is 12.3 Å². The van der Waals surface area contributed by atoms with Crippen molar-refractivity contribution in [2.45, 2.75) is 18.4 Å². The molecule has 21 heavy (non-hydrogen) atoms. The van der Waals surface area contributed by atoms with E-state index in [2.05, 4.69) is 10.3 Å². The zero-order chi connectivity index (χ0) is 15.8. The predicted molar refractivity (Wildman–Crippen MR) is 68.1 cm³/mol. The lowest BCUT2D eigenvalue weighted by Gasteiger charge is -2.40. The number of aromatic nitrogens is 3. The van der Waals surface area contributed by atoms with Crippen molar-refractivity contribution in [3.63, 3.8) is 0 Å². The lowest BCUT2D eigenvalue weighted by Crippen LogP contribution is -2.07. The first-order valence-corrected chi connectivity index (χ1v) is 7.78. The molecule has 2 aromatic rings. The fraction of sp³-hybridized carbons (Fsp3) is 0.273. The van der Waals surface area contributed by atoms with Gasteiger partial charge in [-0.15, -0.1) is 5.10 Å². The predicted octanol–water partition coefficient (Wildman–Crippen LogP) is 4.46. The summed E-state index contributed by atoms with van der Waals surface area (Å²) in [5.41, 5.74) is 0.227. The Bertz CT molecular complexity index is 655. The van der Waals surface area contributed by atoms with Gasteiger partial charge in [-0.3, -0.25) is 0 Å². The van der Waals surface area contributed by atoms with E-state index >= 15 is 0 Å². The van der Waals surface area contributed by atoms with Crippen LogP contribution in [0.1, 0.15) is 12.6 Å². The number of nitrogens with zero attached hydrogens (tertiary/aromatic N) is 3. The Balaban J connectivity index is 2.37. The first-order chi connectivity index (χ1) is 9.49. The second-order valence-electron chi connectivity index (χ2n) is 4.26. The van der Waals surface area contributed by atoms with Crippen molar-refractivity contribution in [2.75, 3.05) is 6.61 Å². The van der Waals surface area contributed by atoms with Crippen molar-refractivity contribution in [3.05, 3.63) is 36.2 Å². The topological polar surface area (TPSA) is 39.9 Å². The summed E-state index contributed by atoms with van der Waals surface area (Å²) in [5.74, 6) is 0. The van der Waals surface area contributed by atoms with Gasteiger partial charge in [0.25, 0.3) is 0 Å². The summed E-state index contributed by atoms with van der Waals surface area (Å²) >= 11 is 0. The third kappa shape index (κ3) is 3.91. The van der Waals surface area contributed by atoms with Gasteiger partial charge in [0.2, 0.25) is 0 Å². The van der Waals surface area contributed by atoms with Crippen LogP contribution in [0.15, 0.2) is 35.4 Å². The minimum atomic E-state index is -9.71. The zero-order valence-corrected chi connectivity index (χ0v) is 11.7. The number of rotatable bonds is 5. The van der Waals surface area contributed by atoms with Crippen LogP contribution in [0.4, 0.5) is 19.4 Å². The molecular weight excluding hydrogens is 317 g/mol. The summed E-state index contributed by atoms with van der Waals surface area (Å²) in [4.78, 5) is -1.96. The Labute approximate surface area is 117 Å². The van der Waals surface area contributed by atoms with Crippen molar-refractivity contribution in [1.29, 1.82) is 0 Å². The summed E-state index contributed by atoms with van der Waals surface area (Å²) in [6.07, 6.45) is 1.32. The van der Waals surface area contributed by atoms with Gasteiger partial charge < -0.3 is 4.74 Å². The summed E-state index contributed by atoms with van der Waals surface area (Å²) in [6.45, 7) is 2.34. The molecule has 0 aliphatic heterocycles. The van der Waals surface area contributed by atoms with Gasteiger partial charge in [0.05, 0.1) is 18.5 Å². The van der Waals surface area contributed by atoms with Gasteiger partial charge >= 0.3 is 10.2 Å². The Morgan fingerprint density at radius 2 is 1.90 bits per heavy atom. The van der Waals surface area contributed by atoms with Crippen LogP contribution in [0.2, 0.25) is 0 Å². The molecule has 1 heterocycles. The molecule has 0 aliphatic carbocycles. The average Bonchev–Trinajstić information content (AvgIpc) is 2.82. The number of benzene rings is 1. The largest absolute Gasteiger partial charge is 0.375 e. The minimum Gasteiger partial charge on any atom is -0.375 e. The van der Waals surface area contributed by atoms with Gasteiger partial charge in [-0.25, -0.2) is 4.68 Å². The van der Waals surface area contributed by atoms with Gasteiger partial charge in [0, 0.05) is 6.61 Å². The van der Waals surface area contributed by atoms with Crippen LogP contribution >= 0.6 is 10.2 Å². The number of hydrogen-bond acceptors (Lipinski definition) is 3. The van der Waals surface area contributed by atoms with Crippen LogP contribution in [0.3, 0.4) is 0 Å². The molecule has 1 aromatic carbocycles.